The van der Waals surface area contributed by atoms with Crippen molar-refractivity contribution in [1.82, 2.24) is 0 Å². The molecule has 0 amide bonds. The van der Waals surface area contributed by atoms with Gasteiger partial charge in [0.1, 0.15) is 6.10 Å². The maximum atomic E-state index is 13.6. The molecule has 5 heteroatoms. The minimum absolute atomic E-state index is 0.161. The zero-order valence-electron chi connectivity index (χ0n) is 9.95. The van der Waals surface area contributed by atoms with Crippen LogP contribution in [0.3, 0.4) is 0 Å². The molecule has 0 aromatic heterocycles. The fourth-order valence-corrected chi connectivity index (χ4v) is 2.10. The van der Waals surface area contributed by atoms with E-state index in [-0.39, 0.29) is 12.3 Å². The van der Waals surface area contributed by atoms with Crippen LogP contribution in [0.1, 0.15) is 11.7 Å². The first-order valence-electron chi connectivity index (χ1n) is 5.68. The number of rotatable bonds is 4. The second kappa shape index (κ2) is 6.12. The Morgan fingerprint density at radius 3 is 2.47 bits per heavy atom. The van der Waals surface area contributed by atoms with Gasteiger partial charge in [0.15, 0.2) is 11.6 Å². The van der Waals surface area contributed by atoms with E-state index < -0.39 is 17.7 Å². The Hall–Kier alpha value is -1.46. The van der Waals surface area contributed by atoms with Gasteiger partial charge in [0.25, 0.3) is 0 Å². The van der Waals surface area contributed by atoms with Crippen LogP contribution in [-0.2, 0) is 0 Å². The fourth-order valence-electron chi connectivity index (χ4n) is 1.69. The summed E-state index contributed by atoms with van der Waals surface area (Å²) in [5.41, 5.74) is 6.44. The van der Waals surface area contributed by atoms with Gasteiger partial charge in [-0.25, -0.2) is 4.39 Å². The molecule has 2 aromatic rings. The highest BCUT2D eigenvalue weighted by Gasteiger charge is 2.17. The lowest BCUT2D eigenvalue weighted by molar-refractivity contribution is 0.202. The lowest BCUT2D eigenvalue weighted by Crippen LogP contribution is -2.19. The minimum atomic E-state index is -1.02. The van der Waals surface area contributed by atoms with Gasteiger partial charge in [0.2, 0.25) is 5.82 Å². The van der Waals surface area contributed by atoms with Crippen molar-refractivity contribution in [3.05, 3.63) is 64.1 Å². The third-order valence-corrected chi connectivity index (χ3v) is 3.07. The average molecular weight is 328 g/mol. The van der Waals surface area contributed by atoms with Gasteiger partial charge in [0, 0.05) is 11.0 Å². The summed E-state index contributed by atoms with van der Waals surface area (Å²) in [4.78, 5) is 0. The molecule has 1 unspecified atom stereocenters. The van der Waals surface area contributed by atoms with Crippen LogP contribution in [0.15, 0.2) is 46.9 Å². The van der Waals surface area contributed by atoms with E-state index in [0.717, 1.165) is 11.6 Å². The number of nitrogens with two attached hydrogens (primary N) is 1. The lowest BCUT2D eigenvalue weighted by atomic mass is 10.1. The largest absolute Gasteiger partial charge is 0.481 e. The summed E-state index contributed by atoms with van der Waals surface area (Å²) < 4.78 is 32.8. The van der Waals surface area contributed by atoms with Crippen molar-refractivity contribution in [2.75, 3.05) is 6.54 Å². The molecule has 1 atom stereocenters. The summed E-state index contributed by atoms with van der Waals surface area (Å²) in [5.74, 6) is -2.14. The quantitative estimate of drug-likeness (QED) is 0.867. The van der Waals surface area contributed by atoms with E-state index in [4.69, 9.17) is 10.5 Å². The summed E-state index contributed by atoms with van der Waals surface area (Å²) >= 11 is 3.10. The molecule has 0 fully saturated rings. The third-order valence-electron chi connectivity index (χ3n) is 2.61. The number of ether oxygens (including phenoxy) is 1. The molecule has 0 saturated carbocycles. The summed E-state index contributed by atoms with van der Waals surface area (Å²) in [6.45, 7) is 0.164. The predicted octanol–water partition coefficient (Wildman–Crippen LogP) is 3.81. The van der Waals surface area contributed by atoms with Crippen LogP contribution in [0.5, 0.6) is 5.75 Å². The van der Waals surface area contributed by atoms with Gasteiger partial charge in [0.05, 0.1) is 0 Å². The van der Waals surface area contributed by atoms with Gasteiger partial charge in [-0.05, 0) is 17.7 Å². The Morgan fingerprint density at radius 1 is 1.16 bits per heavy atom. The molecule has 0 aliphatic carbocycles. The molecular formula is C14H12BrF2NO. The monoisotopic (exact) mass is 327 g/mol. The Kier molecular flexibility index (Phi) is 4.50. The molecule has 2 N–H and O–H groups in total. The molecule has 2 rings (SSSR count). The molecule has 0 heterocycles. The van der Waals surface area contributed by atoms with Crippen LogP contribution in [0.2, 0.25) is 0 Å². The zero-order chi connectivity index (χ0) is 13.8. The zero-order valence-corrected chi connectivity index (χ0v) is 11.5. The highest BCUT2D eigenvalue weighted by atomic mass is 79.9. The lowest BCUT2D eigenvalue weighted by Gasteiger charge is -2.18. The number of benzene rings is 2. The van der Waals surface area contributed by atoms with Crippen molar-refractivity contribution in [3.63, 3.8) is 0 Å². The fraction of sp³-hybridized carbons (Fsp3) is 0.143. The Balaban J connectivity index is 2.29. The van der Waals surface area contributed by atoms with E-state index in [0.29, 0.717) is 4.47 Å². The van der Waals surface area contributed by atoms with E-state index in [1.54, 1.807) is 0 Å². The van der Waals surface area contributed by atoms with E-state index >= 15 is 0 Å². The molecule has 0 spiro atoms. The van der Waals surface area contributed by atoms with E-state index in [2.05, 4.69) is 15.9 Å². The Bertz CT molecular complexity index is 563. The van der Waals surface area contributed by atoms with Gasteiger partial charge in [-0.1, -0.05) is 46.3 Å². The first-order valence-corrected chi connectivity index (χ1v) is 6.47. The van der Waals surface area contributed by atoms with Crippen molar-refractivity contribution in [3.8, 4) is 5.75 Å². The van der Waals surface area contributed by atoms with Gasteiger partial charge in [-0.15, -0.1) is 0 Å². The van der Waals surface area contributed by atoms with Crippen LogP contribution in [-0.4, -0.2) is 6.54 Å². The normalized spacial score (nSPS) is 12.2. The molecule has 0 saturated heterocycles. The van der Waals surface area contributed by atoms with Crippen molar-refractivity contribution < 1.29 is 13.5 Å². The maximum Gasteiger partial charge on any atom is 0.200 e. The molecule has 0 aliphatic rings. The maximum absolute atomic E-state index is 13.6. The molecule has 19 heavy (non-hydrogen) atoms. The standard InChI is InChI=1S/C14H12BrF2NO/c15-10-6-11(16)14(17)12(7-10)19-13(8-18)9-4-2-1-3-5-9/h1-7,13H,8,18H2. The smallest absolute Gasteiger partial charge is 0.200 e. The number of hydrogen-bond donors (Lipinski definition) is 1. The number of hydrogen-bond acceptors (Lipinski definition) is 2. The number of halogens is 3. The topological polar surface area (TPSA) is 35.2 Å². The highest BCUT2D eigenvalue weighted by molar-refractivity contribution is 9.10. The third kappa shape index (κ3) is 3.30. The molecular weight excluding hydrogens is 316 g/mol. The van der Waals surface area contributed by atoms with Crippen molar-refractivity contribution >= 4 is 15.9 Å². The first-order chi connectivity index (χ1) is 9.11. The SMILES string of the molecule is NCC(Oc1cc(Br)cc(F)c1F)c1ccccc1. The van der Waals surface area contributed by atoms with Gasteiger partial charge in [-0.3, -0.25) is 0 Å². The van der Waals surface area contributed by atoms with E-state index in [1.165, 1.54) is 6.07 Å². The van der Waals surface area contributed by atoms with Gasteiger partial charge < -0.3 is 10.5 Å². The average Bonchev–Trinajstić information content (AvgIpc) is 2.42. The molecule has 100 valence electrons. The van der Waals surface area contributed by atoms with Crippen LogP contribution < -0.4 is 10.5 Å². The highest BCUT2D eigenvalue weighted by Crippen LogP contribution is 2.29. The second-order valence-corrected chi connectivity index (χ2v) is 4.87. The first kappa shape index (κ1) is 14.0. The van der Waals surface area contributed by atoms with E-state index in [1.807, 2.05) is 30.3 Å². The van der Waals surface area contributed by atoms with Gasteiger partial charge >= 0.3 is 0 Å². The van der Waals surface area contributed by atoms with Crippen molar-refractivity contribution in [1.29, 1.82) is 0 Å². The second-order valence-electron chi connectivity index (χ2n) is 3.95. The van der Waals surface area contributed by atoms with Crippen molar-refractivity contribution in [2.45, 2.75) is 6.10 Å². The molecule has 0 radical (unpaired) electrons. The molecule has 2 aromatic carbocycles. The van der Waals surface area contributed by atoms with Crippen LogP contribution in [0.25, 0.3) is 0 Å². The van der Waals surface area contributed by atoms with Crippen LogP contribution in [0.4, 0.5) is 8.78 Å². The molecule has 2 nitrogen and oxygen atoms in total. The van der Waals surface area contributed by atoms with Crippen LogP contribution >= 0.6 is 15.9 Å². The summed E-state index contributed by atoms with van der Waals surface area (Å²) in [6, 6.07) is 11.6. The summed E-state index contributed by atoms with van der Waals surface area (Å²) in [5, 5.41) is 0. The van der Waals surface area contributed by atoms with Crippen LogP contribution in [0, 0.1) is 11.6 Å². The van der Waals surface area contributed by atoms with Crippen molar-refractivity contribution in [2.24, 2.45) is 5.73 Å². The van der Waals surface area contributed by atoms with E-state index in [9.17, 15) is 8.78 Å². The predicted molar refractivity (Wildman–Crippen MR) is 72.9 cm³/mol. The molecule has 0 bridgehead atoms. The summed E-state index contributed by atoms with van der Waals surface area (Å²) in [6.07, 6.45) is -0.524. The Labute approximate surface area is 118 Å². The minimum Gasteiger partial charge on any atom is -0.481 e. The summed E-state index contributed by atoms with van der Waals surface area (Å²) in [7, 11) is 0. The Morgan fingerprint density at radius 2 is 1.84 bits per heavy atom. The van der Waals surface area contributed by atoms with Gasteiger partial charge in [-0.2, -0.15) is 4.39 Å². The molecule has 0 aliphatic heterocycles.